The van der Waals surface area contributed by atoms with E-state index in [1.165, 1.54) is 20.0 Å². The van der Waals surface area contributed by atoms with Crippen LogP contribution in [0.15, 0.2) is 18.2 Å². The molecule has 4 heteroatoms. The van der Waals surface area contributed by atoms with Gasteiger partial charge in [0.25, 0.3) is 0 Å². The SMILES string of the molecule is COC(=O)c1ccc(Cl)cc1CC[C@@H]1CCC[C@@H]1N. The number of aryl methyl sites for hydroxylation is 1. The summed E-state index contributed by atoms with van der Waals surface area (Å²) in [6, 6.07) is 5.62. The van der Waals surface area contributed by atoms with E-state index in [0.29, 0.717) is 22.5 Å². The molecule has 2 N–H and O–H groups in total. The van der Waals surface area contributed by atoms with Crippen molar-refractivity contribution in [2.45, 2.75) is 38.1 Å². The van der Waals surface area contributed by atoms with Gasteiger partial charge in [0.2, 0.25) is 0 Å². The first-order valence-electron chi connectivity index (χ1n) is 6.74. The minimum atomic E-state index is -0.303. The summed E-state index contributed by atoms with van der Waals surface area (Å²) in [5.74, 6) is 0.256. The Morgan fingerprint density at radius 2 is 2.26 bits per heavy atom. The highest BCUT2D eigenvalue weighted by Crippen LogP contribution is 2.29. The molecule has 0 bridgehead atoms. The lowest BCUT2D eigenvalue weighted by Crippen LogP contribution is -2.24. The number of ether oxygens (including phenoxy) is 1. The maximum atomic E-state index is 11.7. The van der Waals surface area contributed by atoms with Gasteiger partial charge in [0.15, 0.2) is 0 Å². The fourth-order valence-electron chi connectivity index (χ4n) is 2.84. The van der Waals surface area contributed by atoms with Crippen LogP contribution in [0.1, 0.15) is 41.6 Å². The quantitative estimate of drug-likeness (QED) is 0.863. The monoisotopic (exact) mass is 281 g/mol. The number of rotatable bonds is 4. The summed E-state index contributed by atoms with van der Waals surface area (Å²) in [7, 11) is 1.40. The Morgan fingerprint density at radius 1 is 1.47 bits per heavy atom. The molecule has 3 nitrogen and oxygen atoms in total. The van der Waals surface area contributed by atoms with Gasteiger partial charge in [0, 0.05) is 11.1 Å². The summed E-state index contributed by atoms with van der Waals surface area (Å²) < 4.78 is 4.80. The van der Waals surface area contributed by atoms with Crippen LogP contribution in [0.25, 0.3) is 0 Å². The maximum absolute atomic E-state index is 11.7. The van der Waals surface area contributed by atoms with Crippen LogP contribution in [-0.4, -0.2) is 19.1 Å². The van der Waals surface area contributed by atoms with Crippen molar-refractivity contribution >= 4 is 17.6 Å². The summed E-state index contributed by atoms with van der Waals surface area (Å²) in [6.07, 6.45) is 5.35. The van der Waals surface area contributed by atoms with Crippen LogP contribution < -0.4 is 5.73 Å². The number of carbonyl (C=O) groups is 1. The number of hydrogen-bond acceptors (Lipinski definition) is 3. The number of hydrogen-bond donors (Lipinski definition) is 1. The Balaban J connectivity index is 2.09. The van der Waals surface area contributed by atoms with Gasteiger partial charge in [0.05, 0.1) is 12.7 Å². The van der Waals surface area contributed by atoms with Crippen LogP contribution in [0.2, 0.25) is 5.02 Å². The number of carbonyl (C=O) groups excluding carboxylic acids is 1. The molecule has 2 rings (SSSR count). The molecule has 0 heterocycles. The van der Waals surface area contributed by atoms with Crippen LogP contribution >= 0.6 is 11.6 Å². The standard InChI is InChI=1S/C15H20ClNO2/c1-19-15(18)13-8-7-12(16)9-11(13)6-5-10-3-2-4-14(10)17/h7-10,14H,2-6,17H2,1H3/t10-,14-/m0/s1. The van der Waals surface area contributed by atoms with Gasteiger partial charge < -0.3 is 10.5 Å². The van der Waals surface area contributed by atoms with Gasteiger partial charge in [-0.3, -0.25) is 0 Å². The predicted molar refractivity (Wildman–Crippen MR) is 76.4 cm³/mol. The van der Waals surface area contributed by atoms with E-state index in [4.69, 9.17) is 22.1 Å². The van der Waals surface area contributed by atoms with E-state index in [2.05, 4.69) is 0 Å². The summed E-state index contributed by atoms with van der Waals surface area (Å²) in [4.78, 5) is 11.7. The average molecular weight is 282 g/mol. The third-order valence-corrected chi connectivity index (χ3v) is 4.21. The fourth-order valence-corrected chi connectivity index (χ4v) is 3.04. The van der Waals surface area contributed by atoms with Crippen molar-refractivity contribution in [2.75, 3.05) is 7.11 Å². The molecule has 0 spiro atoms. The Hall–Kier alpha value is -1.06. The molecule has 1 saturated carbocycles. The number of nitrogens with two attached hydrogens (primary N) is 1. The topological polar surface area (TPSA) is 52.3 Å². The summed E-state index contributed by atoms with van der Waals surface area (Å²) in [6.45, 7) is 0. The van der Waals surface area contributed by atoms with Crippen LogP contribution in [0.4, 0.5) is 0 Å². The van der Waals surface area contributed by atoms with E-state index in [0.717, 1.165) is 24.8 Å². The molecule has 1 aliphatic rings. The zero-order chi connectivity index (χ0) is 13.8. The van der Waals surface area contributed by atoms with Crippen LogP contribution in [0.5, 0.6) is 0 Å². The molecule has 1 fully saturated rings. The van der Waals surface area contributed by atoms with Crippen molar-refractivity contribution in [3.63, 3.8) is 0 Å². The second-order valence-corrected chi connectivity index (χ2v) is 5.62. The van der Waals surface area contributed by atoms with Crippen molar-refractivity contribution in [3.05, 3.63) is 34.3 Å². The van der Waals surface area contributed by atoms with Crippen molar-refractivity contribution in [2.24, 2.45) is 11.7 Å². The second-order valence-electron chi connectivity index (χ2n) is 5.19. The molecule has 0 unspecified atom stereocenters. The first kappa shape index (κ1) is 14.4. The summed E-state index contributed by atoms with van der Waals surface area (Å²) in [5.41, 5.74) is 7.65. The van der Waals surface area contributed by atoms with Crippen molar-refractivity contribution in [1.82, 2.24) is 0 Å². The second kappa shape index (κ2) is 6.40. The van der Waals surface area contributed by atoms with Crippen molar-refractivity contribution < 1.29 is 9.53 Å². The third-order valence-electron chi connectivity index (χ3n) is 3.97. The Bertz CT molecular complexity index is 461. The van der Waals surface area contributed by atoms with E-state index in [-0.39, 0.29) is 5.97 Å². The minimum Gasteiger partial charge on any atom is -0.465 e. The largest absolute Gasteiger partial charge is 0.465 e. The van der Waals surface area contributed by atoms with Gasteiger partial charge in [-0.15, -0.1) is 0 Å². The Labute approximate surface area is 119 Å². The summed E-state index contributed by atoms with van der Waals surface area (Å²) in [5, 5.41) is 0.651. The Kier molecular flexibility index (Phi) is 4.83. The van der Waals surface area contributed by atoms with Gasteiger partial charge in [-0.1, -0.05) is 18.0 Å². The fraction of sp³-hybridized carbons (Fsp3) is 0.533. The Morgan fingerprint density at radius 3 is 2.89 bits per heavy atom. The normalized spacial score (nSPS) is 22.5. The number of halogens is 1. The van der Waals surface area contributed by atoms with E-state index >= 15 is 0 Å². The van der Waals surface area contributed by atoms with Crippen molar-refractivity contribution in [1.29, 1.82) is 0 Å². The number of methoxy groups -OCH3 is 1. The van der Waals surface area contributed by atoms with Gasteiger partial charge in [-0.05, 0) is 55.4 Å². The molecule has 0 amide bonds. The minimum absolute atomic E-state index is 0.303. The predicted octanol–water partition coefficient (Wildman–Crippen LogP) is 3.19. The van der Waals surface area contributed by atoms with Gasteiger partial charge in [0.1, 0.15) is 0 Å². The molecular weight excluding hydrogens is 262 g/mol. The molecule has 1 aromatic rings. The molecule has 1 aromatic carbocycles. The van der Waals surface area contributed by atoms with Crippen LogP contribution in [0, 0.1) is 5.92 Å². The average Bonchev–Trinajstić information content (AvgIpc) is 2.81. The number of benzene rings is 1. The highest BCUT2D eigenvalue weighted by Gasteiger charge is 2.24. The van der Waals surface area contributed by atoms with Crippen LogP contribution in [-0.2, 0) is 11.2 Å². The molecule has 104 valence electrons. The first-order valence-corrected chi connectivity index (χ1v) is 7.12. The van der Waals surface area contributed by atoms with E-state index in [1.54, 1.807) is 12.1 Å². The van der Waals surface area contributed by atoms with E-state index in [9.17, 15) is 4.79 Å². The maximum Gasteiger partial charge on any atom is 0.338 e. The lowest BCUT2D eigenvalue weighted by Gasteiger charge is -2.16. The number of esters is 1. The third kappa shape index (κ3) is 3.48. The molecule has 0 saturated heterocycles. The van der Waals surface area contributed by atoms with Gasteiger partial charge >= 0.3 is 5.97 Å². The van der Waals surface area contributed by atoms with Gasteiger partial charge in [-0.25, -0.2) is 4.79 Å². The van der Waals surface area contributed by atoms with E-state index in [1.807, 2.05) is 6.07 Å². The molecule has 0 radical (unpaired) electrons. The van der Waals surface area contributed by atoms with Crippen LogP contribution in [0.3, 0.4) is 0 Å². The lowest BCUT2D eigenvalue weighted by molar-refractivity contribution is 0.0599. The molecule has 0 aromatic heterocycles. The smallest absolute Gasteiger partial charge is 0.338 e. The van der Waals surface area contributed by atoms with E-state index < -0.39 is 0 Å². The molecule has 1 aliphatic carbocycles. The molecular formula is C15H20ClNO2. The zero-order valence-electron chi connectivity index (χ0n) is 11.2. The van der Waals surface area contributed by atoms with Gasteiger partial charge in [-0.2, -0.15) is 0 Å². The summed E-state index contributed by atoms with van der Waals surface area (Å²) >= 11 is 6.01. The highest BCUT2D eigenvalue weighted by molar-refractivity contribution is 6.30. The molecule has 2 atom stereocenters. The highest BCUT2D eigenvalue weighted by atomic mass is 35.5. The molecule has 0 aliphatic heterocycles. The lowest BCUT2D eigenvalue weighted by atomic mass is 9.93. The molecule has 19 heavy (non-hydrogen) atoms. The van der Waals surface area contributed by atoms with Crippen molar-refractivity contribution in [3.8, 4) is 0 Å². The zero-order valence-corrected chi connectivity index (χ0v) is 12.0. The first-order chi connectivity index (χ1) is 9.11.